The SMILES string of the molecule is CC(C)(C)OC(=O)N1CCC(c2cc(COc3ccc(C(C)(C)c4cc(Cl)c(OCCCl)c(C#N)c4)cc3)nc(S(C)(=O)=O)n2)CC1. The number of halogens is 2. The van der Waals surface area contributed by atoms with Crippen LogP contribution >= 0.6 is 23.2 Å². The third-order valence-electron chi connectivity index (χ3n) is 7.85. The van der Waals surface area contributed by atoms with Crippen molar-refractivity contribution in [2.45, 2.75) is 76.2 Å². The summed E-state index contributed by atoms with van der Waals surface area (Å²) in [6.45, 7) is 10.8. The molecule has 3 aromatic rings. The number of carbonyl (C=O) groups excluding carboxylic acids is 1. The minimum Gasteiger partial charge on any atom is -0.489 e. The van der Waals surface area contributed by atoms with Gasteiger partial charge < -0.3 is 19.1 Å². The van der Waals surface area contributed by atoms with E-state index in [2.05, 4.69) is 16.0 Å². The third-order valence-corrected chi connectivity index (χ3v) is 9.13. The van der Waals surface area contributed by atoms with Crippen molar-refractivity contribution < 1.29 is 27.4 Å². The molecule has 252 valence electrons. The van der Waals surface area contributed by atoms with Crippen LogP contribution in [0.15, 0.2) is 47.6 Å². The van der Waals surface area contributed by atoms with Crippen LogP contribution in [0.1, 0.15) is 81.5 Å². The Morgan fingerprint density at radius 3 is 2.26 bits per heavy atom. The van der Waals surface area contributed by atoms with E-state index in [1.54, 1.807) is 23.1 Å². The molecule has 10 nitrogen and oxygen atoms in total. The van der Waals surface area contributed by atoms with E-state index in [1.165, 1.54) is 0 Å². The number of nitrogens with zero attached hydrogens (tertiary/aromatic N) is 4. The number of piperidine rings is 1. The average Bonchev–Trinajstić information content (AvgIpc) is 3.01. The second-order valence-corrected chi connectivity index (χ2v) is 15.7. The summed E-state index contributed by atoms with van der Waals surface area (Å²) in [5.74, 6) is 1.11. The maximum Gasteiger partial charge on any atom is 0.410 e. The normalized spacial score (nSPS) is 14.4. The number of benzene rings is 2. The summed E-state index contributed by atoms with van der Waals surface area (Å²) in [5, 5.41) is 9.79. The van der Waals surface area contributed by atoms with Crippen molar-refractivity contribution in [1.82, 2.24) is 14.9 Å². The number of likely N-dealkylation sites (tertiary alicyclic amines) is 1. The molecule has 2 aromatic carbocycles. The van der Waals surface area contributed by atoms with Gasteiger partial charge >= 0.3 is 6.09 Å². The zero-order chi connectivity index (χ0) is 34.6. The lowest BCUT2D eigenvalue weighted by Crippen LogP contribution is -2.41. The first-order valence-corrected chi connectivity index (χ1v) is 18.0. The number of ether oxygens (including phenoxy) is 3. The van der Waals surface area contributed by atoms with Crippen LogP contribution in [-0.2, 0) is 26.6 Å². The molecule has 0 radical (unpaired) electrons. The lowest BCUT2D eigenvalue weighted by atomic mass is 9.77. The van der Waals surface area contributed by atoms with Crippen LogP contribution < -0.4 is 9.47 Å². The number of hydrogen-bond donors (Lipinski definition) is 0. The second-order valence-electron chi connectivity index (χ2n) is 13.0. The van der Waals surface area contributed by atoms with E-state index in [-0.39, 0.29) is 36.3 Å². The van der Waals surface area contributed by atoms with E-state index in [1.807, 2.05) is 58.9 Å². The van der Waals surface area contributed by atoms with Crippen molar-refractivity contribution in [3.63, 3.8) is 0 Å². The highest BCUT2D eigenvalue weighted by molar-refractivity contribution is 7.90. The van der Waals surface area contributed by atoms with Crippen molar-refractivity contribution in [1.29, 1.82) is 5.26 Å². The van der Waals surface area contributed by atoms with E-state index in [0.717, 1.165) is 17.4 Å². The molecule has 47 heavy (non-hydrogen) atoms. The molecule has 4 rings (SSSR count). The number of nitriles is 1. The zero-order valence-electron chi connectivity index (χ0n) is 27.5. The molecule has 0 atom stereocenters. The van der Waals surface area contributed by atoms with Crippen molar-refractivity contribution >= 4 is 39.1 Å². The van der Waals surface area contributed by atoms with Crippen LogP contribution in [0.4, 0.5) is 4.79 Å². The largest absolute Gasteiger partial charge is 0.489 e. The molecule has 1 aliphatic rings. The Balaban J connectivity index is 1.48. The standard InChI is InChI=1S/C34H40Cl2N4O6S/c1-33(2,3)46-32(41)40-14-11-22(12-15-40)29-19-26(38-31(39-29)47(6,42)43)21-45-27-9-7-24(8-10-27)34(4,5)25-17-23(20-37)30(28(36)18-25)44-16-13-35/h7-10,17-19,22H,11-16,21H2,1-6H3. The zero-order valence-corrected chi connectivity index (χ0v) is 29.8. The Kier molecular flexibility index (Phi) is 11.3. The van der Waals surface area contributed by atoms with Crippen LogP contribution in [0.3, 0.4) is 0 Å². The van der Waals surface area contributed by atoms with Gasteiger partial charge in [0.2, 0.25) is 15.0 Å². The van der Waals surface area contributed by atoms with E-state index in [0.29, 0.717) is 59.4 Å². The molecule has 0 aliphatic carbocycles. The molecule has 0 bridgehead atoms. The smallest absolute Gasteiger partial charge is 0.410 e. The van der Waals surface area contributed by atoms with Crippen molar-refractivity contribution in [3.05, 3.63) is 75.6 Å². The first-order chi connectivity index (χ1) is 22.0. The first-order valence-electron chi connectivity index (χ1n) is 15.2. The highest BCUT2D eigenvalue weighted by Gasteiger charge is 2.30. The number of amides is 1. The molecule has 0 unspecified atom stereocenters. The van der Waals surface area contributed by atoms with E-state index in [9.17, 15) is 18.5 Å². The molecule has 1 saturated heterocycles. The van der Waals surface area contributed by atoms with Gasteiger partial charge in [0.1, 0.15) is 30.6 Å². The number of sulfone groups is 1. The van der Waals surface area contributed by atoms with Gasteiger partial charge in [-0.3, -0.25) is 0 Å². The van der Waals surface area contributed by atoms with E-state index >= 15 is 0 Å². The molecule has 0 spiro atoms. The van der Waals surface area contributed by atoms with Gasteiger partial charge in [-0.05, 0) is 75.1 Å². The van der Waals surface area contributed by atoms with Gasteiger partial charge in [-0.25, -0.2) is 23.2 Å². The molecule has 13 heteroatoms. The van der Waals surface area contributed by atoms with Crippen LogP contribution in [-0.4, -0.2) is 66.8 Å². The van der Waals surface area contributed by atoms with Crippen molar-refractivity contribution in [3.8, 4) is 17.6 Å². The van der Waals surface area contributed by atoms with Gasteiger partial charge in [0, 0.05) is 36.4 Å². The Morgan fingerprint density at radius 1 is 1.02 bits per heavy atom. The van der Waals surface area contributed by atoms with E-state index < -0.39 is 20.9 Å². The molecule has 1 fully saturated rings. The fourth-order valence-corrected chi connectivity index (χ4v) is 6.15. The number of rotatable bonds is 10. The van der Waals surface area contributed by atoms with Gasteiger partial charge in [0.15, 0.2) is 5.75 Å². The van der Waals surface area contributed by atoms with Crippen molar-refractivity contribution in [2.24, 2.45) is 0 Å². The number of alkyl halides is 1. The predicted molar refractivity (Wildman–Crippen MR) is 180 cm³/mol. The highest BCUT2D eigenvalue weighted by atomic mass is 35.5. The Bertz CT molecular complexity index is 1740. The Morgan fingerprint density at radius 2 is 1.68 bits per heavy atom. The third kappa shape index (κ3) is 9.28. The number of hydrogen-bond acceptors (Lipinski definition) is 9. The minimum atomic E-state index is -3.68. The van der Waals surface area contributed by atoms with Gasteiger partial charge in [0.05, 0.1) is 22.2 Å². The molecule has 1 aliphatic heterocycles. The predicted octanol–water partition coefficient (Wildman–Crippen LogP) is 7.04. The van der Waals surface area contributed by atoms with Crippen LogP contribution in [0.2, 0.25) is 5.02 Å². The fourth-order valence-electron chi connectivity index (χ4n) is 5.24. The summed E-state index contributed by atoms with van der Waals surface area (Å²) >= 11 is 12.2. The maximum atomic E-state index is 12.5. The van der Waals surface area contributed by atoms with Crippen LogP contribution in [0.5, 0.6) is 11.5 Å². The second kappa shape index (κ2) is 14.7. The highest BCUT2D eigenvalue weighted by Crippen LogP contribution is 2.39. The number of carbonyl (C=O) groups is 1. The average molecular weight is 704 g/mol. The lowest BCUT2D eigenvalue weighted by molar-refractivity contribution is 0.0204. The van der Waals surface area contributed by atoms with Crippen molar-refractivity contribution in [2.75, 3.05) is 31.8 Å². The monoisotopic (exact) mass is 702 g/mol. The minimum absolute atomic E-state index is 0.0302. The molecule has 0 saturated carbocycles. The summed E-state index contributed by atoms with van der Waals surface area (Å²) in [7, 11) is -3.68. The molecule has 1 aromatic heterocycles. The maximum absolute atomic E-state index is 12.5. The first kappa shape index (κ1) is 36.2. The summed E-state index contributed by atoms with van der Waals surface area (Å²) in [6.07, 6.45) is 1.94. The Hall–Kier alpha value is -3.59. The summed E-state index contributed by atoms with van der Waals surface area (Å²) in [6, 6.07) is 15.0. The topological polar surface area (TPSA) is 132 Å². The molecule has 0 N–H and O–H groups in total. The lowest BCUT2D eigenvalue weighted by Gasteiger charge is -2.33. The summed E-state index contributed by atoms with van der Waals surface area (Å²) < 4.78 is 42.1. The van der Waals surface area contributed by atoms with Crippen LogP contribution in [0.25, 0.3) is 0 Å². The molecule has 2 heterocycles. The van der Waals surface area contributed by atoms with Gasteiger partial charge in [-0.2, -0.15) is 5.26 Å². The summed E-state index contributed by atoms with van der Waals surface area (Å²) in [4.78, 5) is 22.8. The van der Waals surface area contributed by atoms with Gasteiger partial charge in [-0.15, -0.1) is 11.6 Å². The molecular weight excluding hydrogens is 663 g/mol. The molecule has 1 amide bonds. The number of aromatic nitrogens is 2. The fraction of sp³-hybridized carbons (Fsp3) is 0.471. The van der Waals surface area contributed by atoms with Gasteiger partial charge in [-0.1, -0.05) is 37.6 Å². The van der Waals surface area contributed by atoms with Crippen LogP contribution in [0, 0.1) is 11.3 Å². The quantitative estimate of drug-likeness (QED) is 0.161. The molecular formula is C34H40Cl2N4O6S. The van der Waals surface area contributed by atoms with E-state index in [4.69, 9.17) is 37.4 Å². The van der Waals surface area contributed by atoms with Gasteiger partial charge in [0.25, 0.3) is 0 Å². The summed E-state index contributed by atoms with van der Waals surface area (Å²) in [5.41, 5.74) is 2.07. The Labute approximate surface area is 286 Å².